The van der Waals surface area contributed by atoms with Crippen molar-refractivity contribution in [2.45, 2.75) is 0 Å². The Balaban J connectivity index is -0.000000245. The summed E-state index contributed by atoms with van der Waals surface area (Å²) in [5, 5.41) is 15.1. The van der Waals surface area contributed by atoms with Crippen molar-refractivity contribution >= 4 is 12.3 Å². The van der Waals surface area contributed by atoms with Crippen LogP contribution in [0, 0.1) is 0 Å². The van der Waals surface area contributed by atoms with Crippen molar-refractivity contribution in [3.05, 3.63) is 0 Å². The van der Waals surface area contributed by atoms with Crippen LogP contribution in [-0.4, -0.2) is 22.5 Å². The summed E-state index contributed by atoms with van der Waals surface area (Å²) >= 11 is 0. The molecule has 7 heteroatoms. The molecule has 0 heterocycles. The van der Waals surface area contributed by atoms with Gasteiger partial charge in [0, 0.05) is 0 Å². The summed E-state index contributed by atoms with van der Waals surface area (Å²) in [5.41, 5.74) is 0. The second kappa shape index (κ2) is 5.67. The van der Waals surface area contributed by atoms with Crippen LogP contribution in [0.15, 0.2) is 0 Å². The van der Waals surface area contributed by atoms with Gasteiger partial charge in [0.25, 0.3) is 0 Å². The maximum absolute atomic E-state index is 9.29. The molecule has 0 bridgehead atoms. The van der Waals surface area contributed by atoms with E-state index in [-0.39, 0.29) is 31.0 Å². The van der Waals surface area contributed by atoms with Crippen molar-refractivity contribution in [3.63, 3.8) is 0 Å². The first kappa shape index (κ1) is 11.4. The summed E-state index contributed by atoms with van der Waals surface area (Å²) in [6.07, 6.45) is -3.60. The van der Waals surface area contributed by atoms with Crippen molar-refractivity contribution in [2.24, 2.45) is 0 Å². The molecule has 0 atom stereocenters. The molecule has 6 nitrogen and oxygen atoms in total. The minimum Gasteiger partial charge on any atom is -1.00 e. The molecule has 0 aromatic rings. The number of rotatable bonds is 0. The summed E-state index contributed by atoms with van der Waals surface area (Å²) in [4.78, 5) is 24.8. The second-order valence-electron chi connectivity index (χ2n) is 0.698. The van der Waals surface area contributed by atoms with Gasteiger partial charge < -0.3 is 11.6 Å². The second-order valence-corrected chi connectivity index (χ2v) is 0.698. The Hall–Kier alpha value is -0.460. The van der Waals surface area contributed by atoms with E-state index >= 15 is 0 Å². The van der Waals surface area contributed by atoms with Gasteiger partial charge in [0.15, 0.2) is 0 Å². The van der Waals surface area contributed by atoms with Crippen LogP contribution in [-0.2, 0) is 9.78 Å². The fraction of sp³-hybridized carbons (Fsp3) is 0. The maximum atomic E-state index is 9.29. The minimum atomic E-state index is -1.80. The van der Waals surface area contributed by atoms with Gasteiger partial charge in [-0.15, -0.1) is 0 Å². The van der Waals surface area contributed by atoms with E-state index in [4.69, 9.17) is 10.2 Å². The zero-order valence-corrected chi connectivity index (χ0v) is 6.53. The third-order valence-electron chi connectivity index (χ3n) is 0.184. The summed E-state index contributed by atoms with van der Waals surface area (Å²) in [7, 11) is 0. The monoisotopic (exact) mass is 146 g/mol. The molecule has 0 saturated heterocycles. The molecule has 0 aliphatic rings. The molecule has 0 radical (unpaired) electrons. The van der Waals surface area contributed by atoms with Gasteiger partial charge in [0.1, 0.15) is 0 Å². The number of hydrogen-bond acceptors (Lipinski definition) is 4. The molecule has 48 valence electrons. The molecular weight excluding hydrogens is 143 g/mol. The summed E-state index contributed by atoms with van der Waals surface area (Å²) in [5.74, 6) is 0. The van der Waals surface area contributed by atoms with Crippen molar-refractivity contribution in [1.29, 1.82) is 0 Å². The number of carbonyl (C=O) groups is 2. The van der Waals surface area contributed by atoms with Gasteiger partial charge >= 0.3 is 41.9 Å². The molecule has 0 aliphatic heterocycles. The van der Waals surface area contributed by atoms with Gasteiger partial charge in [0.2, 0.25) is 0 Å². The van der Waals surface area contributed by atoms with Gasteiger partial charge in [0.05, 0.1) is 0 Å². The standard InChI is InChI=1S/C2H2O6.Na.H/c3-1(4)7-8-2(5)6;;/h(H,3,4)(H,5,6);;/q;+1;-1. The van der Waals surface area contributed by atoms with Crippen molar-refractivity contribution in [1.82, 2.24) is 0 Å². The normalized spacial score (nSPS) is 6.67. The smallest absolute Gasteiger partial charge is 1.00 e. The number of hydrogen-bond donors (Lipinski definition) is 2. The van der Waals surface area contributed by atoms with Gasteiger partial charge in [-0.25, -0.2) is 19.4 Å². The Morgan fingerprint density at radius 3 is 1.44 bits per heavy atom. The molecule has 0 saturated carbocycles. The predicted molar refractivity (Wildman–Crippen MR) is 19.3 cm³/mol. The largest absolute Gasteiger partial charge is 1.00 e. The Labute approximate surface area is 73.1 Å². The molecule has 0 aliphatic carbocycles. The van der Waals surface area contributed by atoms with E-state index in [1.807, 2.05) is 0 Å². The first-order chi connectivity index (χ1) is 3.63. The molecule has 0 fully saturated rings. The van der Waals surface area contributed by atoms with Gasteiger partial charge in [-0.3, -0.25) is 0 Å². The van der Waals surface area contributed by atoms with Crippen LogP contribution in [0.25, 0.3) is 0 Å². The van der Waals surface area contributed by atoms with Crippen LogP contribution in [0.4, 0.5) is 9.59 Å². The van der Waals surface area contributed by atoms with E-state index in [1.165, 1.54) is 0 Å². The van der Waals surface area contributed by atoms with Crippen LogP contribution in [0.5, 0.6) is 0 Å². The molecule has 0 unspecified atom stereocenters. The van der Waals surface area contributed by atoms with E-state index in [0.717, 1.165) is 0 Å². The molecule has 0 rings (SSSR count). The van der Waals surface area contributed by atoms with Gasteiger partial charge in [-0.05, 0) is 0 Å². The summed E-state index contributed by atoms with van der Waals surface area (Å²) in [6.45, 7) is 0. The van der Waals surface area contributed by atoms with E-state index in [2.05, 4.69) is 9.78 Å². The summed E-state index contributed by atoms with van der Waals surface area (Å²) in [6, 6.07) is 0. The first-order valence-electron chi connectivity index (χ1n) is 1.43. The molecule has 0 aromatic carbocycles. The van der Waals surface area contributed by atoms with Crippen LogP contribution >= 0.6 is 0 Å². The van der Waals surface area contributed by atoms with E-state index < -0.39 is 12.3 Å². The molecule has 2 N–H and O–H groups in total. The number of carboxylic acid groups (broad SMARTS) is 2. The van der Waals surface area contributed by atoms with Crippen molar-refractivity contribution in [2.75, 3.05) is 0 Å². The van der Waals surface area contributed by atoms with Gasteiger partial charge in [-0.1, -0.05) is 0 Å². The maximum Gasteiger partial charge on any atom is 1.00 e. The molecule has 0 amide bonds. The SMILES string of the molecule is O=C(O)OOC(=O)O.[H-].[Na+]. The first-order valence-corrected chi connectivity index (χ1v) is 1.43. The Morgan fingerprint density at radius 1 is 1.11 bits per heavy atom. The van der Waals surface area contributed by atoms with Crippen LogP contribution < -0.4 is 29.6 Å². The van der Waals surface area contributed by atoms with E-state index in [9.17, 15) is 9.59 Å². The molecular formula is C2H3NaO6. The van der Waals surface area contributed by atoms with Gasteiger partial charge in [-0.2, -0.15) is 0 Å². The Kier molecular flexibility index (Phi) is 7.15. The zero-order chi connectivity index (χ0) is 6.57. The van der Waals surface area contributed by atoms with Crippen LogP contribution in [0.2, 0.25) is 0 Å². The zero-order valence-electron chi connectivity index (χ0n) is 5.53. The Morgan fingerprint density at radius 2 is 1.33 bits per heavy atom. The minimum absolute atomic E-state index is 0. The summed E-state index contributed by atoms with van der Waals surface area (Å²) < 4.78 is 0. The fourth-order valence-electron chi connectivity index (χ4n) is 0.0713. The quantitative estimate of drug-likeness (QED) is 0.221. The van der Waals surface area contributed by atoms with Crippen molar-refractivity contribution < 1.29 is 60.6 Å². The topological polar surface area (TPSA) is 93.1 Å². The van der Waals surface area contributed by atoms with E-state index in [1.54, 1.807) is 0 Å². The average Bonchev–Trinajstić information content (AvgIpc) is 1.61. The average molecular weight is 146 g/mol. The molecule has 9 heavy (non-hydrogen) atoms. The van der Waals surface area contributed by atoms with E-state index in [0.29, 0.717) is 0 Å². The third kappa shape index (κ3) is 11.2. The van der Waals surface area contributed by atoms with Crippen LogP contribution in [0.1, 0.15) is 1.43 Å². The third-order valence-corrected chi connectivity index (χ3v) is 0.184. The molecule has 0 aromatic heterocycles. The molecule has 0 spiro atoms. The fourth-order valence-corrected chi connectivity index (χ4v) is 0.0713. The van der Waals surface area contributed by atoms with Crippen molar-refractivity contribution in [3.8, 4) is 0 Å². The predicted octanol–water partition coefficient (Wildman–Crippen LogP) is -2.59. The Bertz CT molecular complexity index is 100. The van der Waals surface area contributed by atoms with Crippen LogP contribution in [0.3, 0.4) is 0 Å².